The molecule has 6 heteroatoms. The number of rotatable bonds is 6. The van der Waals surface area contributed by atoms with Crippen LogP contribution in [0.5, 0.6) is 0 Å². The van der Waals surface area contributed by atoms with E-state index >= 15 is 0 Å². The molecule has 1 aromatic heterocycles. The number of sulfonamides is 1. The molecule has 2 rings (SSSR count). The van der Waals surface area contributed by atoms with Crippen molar-refractivity contribution in [2.75, 3.05) is 7.05 Å². The van der Waals surface area contributed by atoms with Gasteiger partial charge in [0.15, 0.2) is 0 Å². The van der Waals surface area contributed by atoms with Crippen molar-refractivity contribution in [3.05, 3.63) is 53.3 Å². The maximum Gasteiger partial charge on any atom is 0.218 e. The van der Waals surface area contributed by atoms with Gasteiger partial charge in [-0.15, -0.1) is 0 Å². The quantitative estimate of drug-likeness (QED) is 0.822. The van der Waals surface area contributed by atoms with Crippen LogP contribution in [-0.2, 0) is 28.9 Å². The summed E-state index contributed by atoms with van der Waals surface area (Å²) in [6.07, 6.45) is 1.74. The maximum atomic E-state index is 12.4. The van der Waals surface area contributed by atoms with Gasteiger partial charge in [-0.3, -0.25) is 4.68 Å². The van der Waals surface area contributed by atoms with Crippen LogP contribution in [0.1, 0.15) is 23.7 Å². The van der Waals surface area contributed by atoms with Gasteiger partial charge in [-0.25, -0.2) is 12.7 Å². The second kappa shape index (κ2) is 6.41. The van der Waals surface area contributed by atoms with Crippen LogP contribution < -0.4 is 0 Å². The Morgan fingerprint density at radius 1 is 1.24 bits per heavy atom. The Hall–Kier alpha value is -1.66. The van der Waals surface area contributed by atoms with Crippen LogP contribution in [0.4, 0.5) is 0 Å². The van der Waals surface area contributed by atoms with E-state index in [1.807, 2.05) is 48.9 Å². The largest absolute Gasteiger partial charge is 0.270 e. The van der Waals surface area contributed by atoms with Gasteiger partial charge in [0, 0.05) is 31.4 Å². The lowest BCUT2D eigenvalue weighted by molar-refractivity contribution is 0.464. The van der Waals surface area contributed by atoms with Crippen LogP contribution >= 0.6 is 0 Å². The van der Waals surface area contributed by atoms with E-state index in [1.165, 1.54) is 4.31 Å². The normalized spacial score (nSPS) is 12.0. The van der Waals surface area contributed by atoms with Crippen molar-refractivity contribution in [3.8, 4) is 0 Å². The van der Waals surface area contributed by atoms with Crippen molar-refractivity contribution in [2.24, 2.45) is 0 Å². The average Bonchev–Trinajstić information content (AvgIpc) is 2.80. The third kappa shape index (κ3) is 3.71. The molecule has 2 aromatic rings. The minimum absolute atomic E-state index is 0.0191. The van der Waals surface area contributed by atoms with Crippen LogP contribution in [0.3, 0.4) is 0 Å². The highest BCUT2D eigenvalue weighted by Gasteiger charge is 2.20. The highest BCUT2D eigenvalue weighted by Crippen LogP contribution is 2.15. The van der Waals surface area contributed by atoms with Crippen molar-refractivity contribution in [1.82, 2.24) is 14.1 Å². The number of hydrogen-bond donors (Lipinski definition) is 0. The number of aryl methyl sites for hydroxylation is 1. The molecular weight excluding hydrogens is 286 g/mol. The van der Waals surface area contributed by atoms with E-state index in [1.54, 1.807) is 13.2 Å². The molecular formula is C15H21N3O2S. The Bertz CT molecular complexity index is 693. The van der Waals surface area contributed by atoms with E-state index in [0.717, 1.165) is 23.4 Å². The van der Waals surface area contributed by atoms with Gasteiger partial charge in [-0.1, -0.05) is 30.3 Å². The summed E-state index contributed by atoms with van der Waals surface area (Å²) in [4.78, 5) is 0. The van der Waals surface area contributed by atoms with Crippen LogP contribution in [0.2, 0.25) is 0 Å². The number of hydrogen-bond acceptors (Lipinski definition) is 3. The summed E-state index contributed by atoms with van der Waals surface area (Å²) >= 11 is 0. The first kappa shape index (κ1) is 15.7. The molecule has 0 atom stereocenters. The van der Waals surface area contributed by atoms with Gasteiger partial charge in [0.25, 0.3) is 0 Å². The third-order valence-corrected chi connectivity index (χ3v) is 5.34. The zero-order chi connectivity index (χ0) is 15.5. The van der Waals surface area contributed by atoms with Crippen molar-refractivity contribution in [3.63, 3.8) is 0 Å². The van der Waals surface area contributed by atoms with Crippen molar-refractivity contribution in [2.45, 2.75) is 32.7 Å². The second-order valence-corrected chi connectivity index (χ2v) is 7.14. The van der Waals surface area contributed by atoms with E-state index < -0.39 is 10.0 Å². The van der Waals surface area contributed by atoms with Crippen molar-refractivity contribution in [1.29, 1.82) is 0 Å². The van der Waals surface area contributed by atoms with Crippen LogP contribution in [0, 0.1) is 6.92 Å². The number of nitrogens with zero attached hydrogens (tertiary/aromatic N) is 3. The molecule has 21 heavy (non-hydrogen) atoms. The molecule has 0 radical (unpaired) electrons. The van der Waals surface area contributed by atoms with E-state index in [4.69, 9.17) is 0 Å². The Morgan fingerprint density at radius 3 is 2.48 bits per heavy atom. The maximum absolute atomic E-state index is 12.4. The summed E-state index contributed by atoms with van der Waals surface area (Å²) in [6.45, 7) is 5.11. The number of benzene rings is 1. The second-order valence-electron chi connectivity index (χ2n) is 5.07. The van der Waals surface area contributed by atoms with Gasteiger partial charge in [0.2, 0.25) is 10.0 Å². The molecule has 0 spiro atoms. The summed E-state index contributed by atoms with van der Waals surface area (Å²) in [5.74, 6) is 0.0191. The first-order valence-electron chi connectivity index (χ1n) is 6.93. The Kier molecular flexibility index (Phi) is 4.80. The summed E-state index contributed by atoms with van der Waals surface area (Å²) < 4.78 is 28.0. The minimum Gasteiger partial charge on any atom is -0.270 e. The summed E-state index contributed by atoms with van der Waals surface area (Å²) in [5, 5.41) is 4.25. The zero-order valence-corrected chi connectivity index (χ0v) is 13.5. The molecule has 0 amide bonds. The molecule has 1 aromatic carbocycles. The van der Waals surface area contributed by atoms with Crippen LogP contribution in [-0.4, -0.2) is 29.6 Å². The molecule has 0 saturated heterocycles. The first-order chi connectivity index (χ1) is 9.94. The minimum atomic E-state index is -3.33. The van der Waals surface area contributed by atoms with E-state index in [9.17, 15) is 8.42 Å². The smallest absolute Gasteiger partial charge is 0.218 e. The SMILES string of the molecule is CCn1ncc(CN(C)S(=O)(=O)Cc2ccccc2)c1C. The average molecular weight is 307 g/mol. The summed E-state index contributed by atoms with van der Waals surface area (Å²) in [7, 11) is -1.72. The molecule has 0 bridgehead atoms. The lowest BCUT2D eigenvalue weighted by Crippen LogP contribution is -2.28. The van der Waals surface area contributed by atoms with Gasteiger partial charge in [0.1, 0.15) is 0 Å². The topological polar surface area (TPSA) is 55.2 Å². The fraction of sp³-hybridized carbons (Fsp3) is 0.400. The van der Waals surface area contributed by atoms with Gasteiger partial charge in [-0.2, -0.15) is 5.10 Å². The summed E-state index contributed by atoms with van der Waals surface area (Å²) in [5.41, 5.74) is 2.75. The van der Waals surface area contributed by atoms with Gasteiger partial charge in [0.05, 0.1) is 11.9 Å². The van der Waals surface area contributed by atoms with Gasteiger partial charge in [-0.05, 0) is 19.4 Å². The molecule has 0 aliphatic heterocycles. The molecule has 0 aliphatic carbocycles. The first-order valence-corrected chi connectivity index (χ1v) is 8.54. The molecule has 0 saturated carbocycles. The van der Waals surface area contributed by atoms with Crippen molar-refractivity contribution < 1.29 is 8.42 Å². The predicted molar refractivity (Wildman–Crippen MR) is 83.2 cm³/mol. The van der Waals surface area contributed by atoms with Crippen LogP contribution in [0.15, 0.2) is 36.5 Å². The van der Waals surface area contributed by atoms with Crippen LogP contribution in [0.25, 0.3) is 0 Å². The Balaban J connectivity index is 2.11. The molecule has 0 unspecified atom stereocenters. The van der Waals surface area contributed by atoms with E-state index in [-0.39, 0.29) is 5.75 Å². The molecule has 0 fully saturated rings. The highest BCUT2D eigenvalue weighted by molar-refractivity contribution is 7.88. The highest BCUT2D eigenvalue weighted by atomic mass is 32.2. The zero-order valence-electron chi connectivity index (χ0n) is 12.7. The van der Waals surface area contributed by atoms with Crippen molar-refractivity contribution >= 4 is 10.0 Å². The third-order valence-electron chi connectivity index (χ3n) is 3.56. The lowest BCUT2D eigenvalue weighted by atomic mass is 10.2. The Morgan fingerprint density at radius 2 is 1.90 bits per heavy atom. The molecule has 114 valence electrons. The predicted octanol–water partition coefficient (Wildman–Crippen LogP) is 2.17. The van der Waals surface area contributed by atoms with Gasteiger partial charge >= 0.3 is 0 Å². The van der Waals surface area contributed by atoms with E-state index in [0.29, 0.717) is 6.54 Å². The number of aromatic nitrogens is 2. The molecule has 1 heterocycles. The molecule has 0 N–H and O–H groups in total. The summed E-state index contributed by atoms with van der Waals surface area (Å²) in [6, 6.07) is 9.22. The molecule has 5 nitrogen and oxygen atoms in total. The standard InChI is InChI=1S/C15H21N3O2S/c1-4-18-13(2)15(10-16-18)11-17(3)21(19,20)12-14-8-6-5-7-9-14/h5-10H,4,11-12H2,1-3H3. The Labute approximate surface area is 126 Å². The van der Waals surface area contributed by atoms with Gasteiger partial charge < -0.3 is 0 Å². The lowest BCUT2D eigenvalue weighted by Gasteiger charge is -2.17. The monoisotopic (exact) mass is 307 g/mol. The fourth-order valence-electron chi connectivity index (χ4n) is 2.19. The van der Waals surface area contributed by atoms with E-state index in [2.05, 4.69) is 5.10 Å². The fourth-order valence-corrected chi connectivity index (χ4v) is 3.36. The molecule has 0 aliphatic rings.